The summed E-state index contributed by atoms with van der Waals surface area (Å²) in [4.78, 5) is 45.4. The van der Waals surface area contributed by atoms with E-state index in [4.69, 9.17) is 4.42 Å². The van der Waals surface area contributed by atoms with Gasteiger partial charge in [-0.15, -0.1) is 0 Å². The first-order valence-corrected chi connectivity index (χ1v) is 11.9. The lowest BCUT2D eigenvalue weighted by Crippen LogP contribution is -2.50. The average molecular weight is 475 g/mol. The molecule has 2 N–H and O–H groups in total. The predicted molar refractivity (Wildman–Crippen MR) is 132 cm³/mol. The largest absolute Gasteiger partial charge is 0.459 e. The molecule has 1 fully saturated rings. The average Bonchev–Trinajstić information content (AvgIpc) is 3.42. The maximum atomic E-state index is 13.7. The third-order valence-electron chi connectivity index (χ3n) is 6.27. The number of nitrogens with one attached hydrogen (secondary N) is 2. The highest BCUT2D eigenvalue weighted by Gasteiger charge is 2.34. The number of furan rings is 1. The molecule has 0 aliphatic heterocycles. The van der Waals surface area contributed by atoms with Crippen LogP contribution in [0.15, 0.2) is 71.6 Å². The minimum atomic E-state index is -0.922. The molecule has 1 atom stereocenters. The topological polar surface area (TPSA) is 105 Å². The molecule has 1 aliphatic rings. The van der Waals surface area contributed by atoms with Gasteiger partial charge >= 0.3 is 0 Å². The van der Waals surface area contributed by atoms with Crippen molar-refractivity contribution < 1.29 is 18.8 Å². The van der Waals surface area contributed by atoms with Gasteiger partial charge in [-0.3, -0.25) is 24.3 Å². The van der Waals surface area contributed by atoms with E-state index >= 15 is 0 Å². The standard InChI is InChI=1S/C27H30N4O4/c1-19-8-5-6-11-22(19)31(24(32)18-29-26(33)23-12-7-17-35-23)25(20-13-15-28-16-14-20)27(34)30-21-9-3-2-4-10-21/h5-8,11-17,21,25H,2-4,9-10,18H2,1H3,(H,29,33)(H,30,34)/t25-/m0/s1. The maximum Gasteiger partial charge on any atom is 0.287 e. The number of aromatic nitrogens is 1. The molecule has 4 rings (SSSR count). The Morgan fingerprint density at radius 2 is 1.77 bits per heavy atom. The quantitative estimate of drug-likeness (QED) is 0.515. The summed E-state index contributed by atoms with van der Waals surface area (Å²) in [5.41, 5.74) is 2.08. The van der Waals surface area contributed by atoms with Gasteiger partial charge in [0, 0.05) is 24.1 Å². The lowest BCUT2D eigenvalue weighted by molar-refractivity contribution is -0.127. The molecule has 0 spiro atoms. The van der Waals surface area contributed by atoms with E-state index in [1.165, 1.54) is 23.7 Å². The number of rotatable bonds is 8. The zero-order chi connectivity index (χ0) is 24.6. The molecule has 0 bridgehead atoms. The van der Waals surface area contributed by atoms with Crippen molar-refractivity contribution in [1.29, 1.82) is 0 Å². The van der Waals surface area contributed by atoms with Crippen molar-refractivity contribution in [2.75, 3.05) is 11.4 Å². The minimum Gasteiger partial charge on any atom is -0.459 e. The van der Waals surface area contributed by atoms with E-state index in [1.807, 2.05) is 31.2 Å². The van der Waals surface area contributed by atoms with Crippen LogP contribution in [0.3, 0.4) is 0 Å². The van der Waals surface area contributed by atoms with Crippen molar-refractivity contribution in [1.82, 2.24) is 15.6 Å². The highest BCUT2D eigenvalue weighted by molar-refractivity contribution is 6.04. The summed E-state index contributed by atoms with van der Waals surface area (Å²) in [7, 11) is 0. The zero-order valence-corrected chi connectivity index (χ0v) is 19.8. The van der Waals surface area contributed by atoms with Crippen molar-refractivity contribution in [3.8, 4) is 0 Å². The van der Waals surface area contributed by atoms with Crippen LogP contribution in [0.4, 0.5) is 5.69 Å². The Labute approximate surface area is 204 Å². The fourth-order valence-corrected chi connectivity index (χ4v) is 4.48. The van der Waals surface area contributed by atoms with Crippen molar-refractivity contribution >= 4 is 23.4 Å². The number of pyridine rings is 1. The summed E-state index contributed by atoms with van der Waals surface area (Å²) in [6, 6.07) is 13.2. The first-order valence-electron chi connectivity index (χ1n) is 11.9. The number of benzene rings is 1. The maximum absolute atomic E-state index is 13.7. The lowest BCUT2D eigenvalue weighted by atomic mass is 9.94. The number of hydrogen-bond donors (Lipinski definition) is 2. The Hall–Kier alpha value is -3.94. The Morgan fingerprint density at radius 3 is 2.46 bits per heavy atom. The van der Waals surface area contributed by atoms with Crippen LogP contribution in [0, 0.1) is 6.92 Å². The highest BCUT2D eigenvalue weighted by atomic mass is 16.3. The Morgan fingerprint density at radius 1 is 1.03 bits per heavy atom. The second kappa shape index (κ2) is 11.5. The third kappa shape index (κ3) is 5.95. The van der Waals surface area contributed by atoms with Crippen molar-refractivity contribution in [2.24, 2.45) is 0 Å². The van der Waals surface area contributed by atoms with Crippen LogP contribution >= 0.6 is 0 Å². The molecule has 8 nitrogen and oxygen atoms in total. The van der Waals surface area contributed by atoms with Gasteiger partial charge < -0.3 is 15.1 Å². The number of hydrogen-bond acceptors (Lipinski definition) is 5. The van der Waals surface area contributed by atoms with Gasteiger partial charge in [0.2, 0.25) is 11.8 Å². The normalized spacial score (nSPS) is 14.7. The molecule has 0 saturated heterocycles. The van der Waals surface area contributed by atoms with E-state index in [0.29, 0.717) is 11.3 Å². The summed E-state index contributed by atoms with van der Waals surface area (Å²) in [5.74, 6) is -1.06. The molecule has 3 aromatic rings. The van der Waals surface area contributed by atoms with E-state index in [2.05, 4.69) is 15.6 Å². The molecular weight excluding hydrogens is 444 g/mol. The van der Waals surface area contributed by atoms with Gasteiger partial charge in [-0.2, -0.15) is 0 Å². The molecule has 3 amide bonds. The number of amides is 3. The van der Waals surface area contributed by atoms with Gasteiger partial charge in [0.05, 0.1) is 12.8 Å². The number of aryl methyl sites for hydroxylation is 1. The highest BCUT2D eigenvalue weighted by Crippen LogP contribution is 2.31. The van der Waals surface area contributed by atoms with E-state index in [9.17, 15) is 14.4 Å². The molecule has 1 aliphatic carbocycles. The van der Waals surface area contributed by atoms with E-state index < -0.39 is 17.9 Å². The van der Waals surface area contributed by atoms with E-state index in [1.54, 1.807) is 30.6 Å². The molecular formula is C27H30N4O4. The number of nitrogens with zero attached hydrogens (tertiary/aromatic N) is 2. The molecule has 1 saturated carbocycles. The fraction of sp³-hybridized carbons (Fsp3) is 0.333. The molecule has 2 aromatic heterocycles. The predicted octanol–water partition coefficient (Wildman–Crippen LogP) is 3.94. The van der Waals surface area contributed by atoms with Gasteiger partial charge in [0.25, 0.3) is 5.91 Å². The van der Waals surface area contributed by atoms with Crippen LogP contribution in [0.2, 0.25) is 0 Å². The van der Waals surface area contributed by atoms with Crippen molar-refractivity contribution in [3.63, 3.8) is 0 Å². The minimum absolute atomic E-state index is 0.0769. The fourth-order valence-electron chi connectivity index (χ4n) is 4.48. The van der Waals surface area contributed by atoms with Crippen LogP contribution in [0.5, 0.6) is 0 Å². The molecule has 182 valence electrons. The van der Waals surface area contributed by atoms with Gasteiger partial charge in [-0.25, -0.2) is 0 Å². The number of carbonyl (C=O) groups is 3. The summed E-state index contributed by atoms with van der Waals surface area (Å²) < 4.78 is 5.12. The van der Waals surface area contributed by atoms with Crippen LogP contribution in [-0.4, -0.2) is 35.3 Å². The molecule has 0 unspecified atom stereocenters. The van der Waals surface area contributed by atoms with Crippen LogP contribution in [-0.2, 0) is 9.59 Å². The molecule has 8 heteroatoms. The number of anilines is 1. The molecule has 2 heterocycles. The Kier molecular flexibility index (Phi) is 7.92. The van der Waals surface area contributed by atoms with Gasteiger partial charge in [0.1, 0.15) is 6.04 Å². The summed E-state index contributed by atoms with van der Waals surface area (Å²) in [6.45, 7) is 1.59. The monoisotopic (exact) mass is 474 g/mol. The van der Waals surface area contributed by atoms with Crippen LogP contribution < -0.4 is 15.5 Å². The summed E-state index contributed by atoms with van der Waals surface area (Å²) in [5, 5.41) is 5.79. The summed E-state index contributed by atoms with van der Waals surface area (Å²) >= 11 is 0. The Balaban J connectivity index is 1.67. The van der Waals surface area contributed by atoms with Gasteiger partial charge in [0.15, 0.2) is 5.76 Å². The Bertz CT molecular complexity index is 1140. The SMILES string of the molecule is Cc1ccccc1N(C(=O)CNC(=O)c1ccco1)[C@H](C(=O)NC1CCCCC1)c1ccncc1. The van der Waals surface area contributed by atoms with Crippen molar-refractivity contribution in [3.05, 3.63) is 84.1 Å². The van der Waals surface area contributed by atoms with Crippen LogP contribution in [0.1, 0.15) is 59.8 Å². The van der Waals surface area contributed by atoms with E-state index in [0.717, 1.165) is 31.2 Å². The van der Waals surface area contributed by atoms with Crippen LogP contribution in [0.25, 0.3) is 0 Å². The molecule has 1 aromatic carbocycles. The molecule has 0 radical (unpaired) electrons. The molecule has 35 heavy (non-hydrogen) atoms. The number of para-hydroxylation sites is 1. The van der Waals surface area contributed by atoms with Gasteiger partial charge in [-0.1, -0.05) is 37.5 Å². The second-order valence-electron chi connectivity index (χ2n) is 8.74. The lowest BCUT2D eigenvalue weighted by Gasteiger charge is -2.34. The second-order valence-corrected chi connectivity index (χ2v) is 8.74. The third-order valence-corrected chi connectivity index (χ3v) is 6.27. The van der Waals surface area contributed by atoms with Crippen molar-refractivity contribution in [2.45, 2.75) is 51.1 Å². The van der Waals surface area contributed by atoms with E-state index in [-0.39, 0.29) is 24.3 Å². The zero-order valence-electron chi connectivity index (χ0n) is 19.8. The first-order chi connectivity index (χ1) is 17.0. The smallest absolute Gasteiger partial charge is 0.287 e. The van der Waals surface area contributed by atoms with Gasteiger partial charge in [-0.05, 0) is 61.2 Å². The summed E-state index contributed by atoms with van der Waals surface area (Å²) in [6.07, 6.45) is 9.77. The first kappa shape index (κ1) is 24.2. The number of carbonyl (C=O) groups excluding carboxylic acids is 3.